The molecule has 102 valence electrons. The van der Waals surface area contributed by atoms with Crippen LogP contribution in [0.15, 0.2) is 30.3 Å². The molecule has 2 rings (SSSR count). The summed E-state index contributed by atoms with van der Waals surface area (Å²) in [6.07, 6.45) is 0. The number of hydrogen-bond acceptors (Lipinski definition) is 6. The van der Waals surface area contributed by atoms with Crippen LogP contribution in [-0.4, -0.2) is 53.6 Å². The zero-order valence-corrected chi connectivity index (χ0v) is 11.1. The molecule has 2 N–H and O–H groups in total. The van der Waals surface area contributed by atoms with Crippen molar-refractivity contribution in [1.29, 1.82) is 0 Å². The van der Waals surface area contributed by atoms with E-state index in [2.05, 4.69) is 15.5 Å². The van der Waals surface area contributed by atoms with Crippen LogP contribution in [0.1, 0.15) is 0 Å². The van der Waals surface area contributed by atoms with Gasteiger partial charge in [0.25, 0.3) is 0 Å². The second-order valence-electron chi connectivity index (χ2n) is 4.32. The minimum absolute atomic E-state index is 0.0871. The van der Waals surface area contributed by atoms with Gasteiger partial charge in [-0.3, -0.25) is 0 Å². The lowest BCUT2D eigenvalue weighted by atomic mass is 10.3. The summed E-state index contributed by atoms with van der Waals surface area (Å²) in [5.41, 5.74) is 6.85. The Morgan fingerprint density at radius 2 is 2.11 bits per heavy atom. The van der Waals surface area contributed by atoms with Crippen molar-refractivity contribution in [2.75, 3.05) is 32.2 Å². The molecule has 7 heteroatoms. The van der Waals surface area contributed by atoms with Crippen LogP contribution in [0.3, 0.4) is 0 Å². The molecule has 0 saturated heterocycles. The van der Waals surface area contributed by atoms with Crippen LogP contribution in [-0.2, 0) is 4.74 Å². The van der Waals surface area contributed by atoms with Gasteiger partial charge in [-0.25, -0.2) is 0 Å². The second-order valence-corrected chi connectivity index (χ2v) is 4.32. The van der Waals surface area contributed by atoms with Gasteiger partial charge in [-0.05, 0) is 22.6 Å². The lowest BCUT2D eigenvalue weighted by Gasteiger charge is -2.21. The third-order valence-corrected chi connectivity index (χ3v) is 2.68. The van der Waals surface area contributed by atoms with Crippen LogP contribution in [0.2, 0.25) is 0 Å². The summed E-state index contributed by atoms with van der Waals surface area (Å²) in [6.45, 7) is 1.11. The molecule has 0 radical (unpaired) electrons. The van der Waals surface area contributed by atoms with E-state index in [0.717, 1.165) is 5.69 Å². The number of ether oxygens (including phenoxy) is 1. The molecule has 0 fully saturated rings. The van der Waals surface area contributed by atoms with Gasteiger partial charge in [-0.1, -0.05) is 23.3 Å². The van der Waals surface area contributed by atoms with E-state index in [1.54, 1.807) is 11.8 Å². The number of tetrazole rings is 1. The molecule has 0 aliphatic carbocycles. The molecule has 2 aromatic rings. The van der Waals surface area contributed by atoms with Crippen LogP contribution < -0.4 is 10.6 Å². The fourth-order valence-corrected chi connectivity index (χ4v) is 1.86. The van der Waals surface area contributed by atoms with Gasteiger partial charge in [-0.2, -0.15) is 4.68 Å². The van der Waals surface area contributed by atoms with Crippen molar-refractivity contribution in [1.82, 2.24) is 20.2 Å². The van der Waals surface area contributed by atoms with Crippen LogP contribution in [0.5, 0.6) is 0 Å². The number of benzene rings is 1. The first kappa shape index (κ1) is 13.4. The highest BCUT2D eigenvalue weighted by molar-refractivity contribution is 5.39. The van der Waals surface area contributed by atoms with E-state index < -0.39 is 0 Å². The Kier molecular flexibility index (Phi) is 4.43. The highest BCUT2D eigenvalue weighted by atomic mass is 16.5. The molecule has 1 atom stereocenters. The van der Waals surface area contributed by atoms with E-state index in [1.165, 1.54) is 0 Å². The first-order valence-corrected chi connectivity index (χ1v) is 6.02. The number of nitrogens with zero attached hydrogens (tertiary/aromatic N) is 5. The smallest absolute Gasteiger partial charge is 0.250 e. The lowest BCUT2D eigenvalue weighted by molar-refractivity contribution is 0.181. The summed E-state index contributed by atoms with van der Waals surface area (Å²) >= 11 is 0. The topological polar surface area (TPSA) is 82.1 Å². The van der Waals surface area contributed by atoms with Crippen molar-refractivity contribution in [3.8, 4) is 5.69 Å². The molecule has 0 aliphatic heterocycles. The van der Waals surface area contributed by atoms with Crippen LogP contribution in [0.4, 0.5) is 5.95 Å². The van der Waals surface area contributed by atoms with Crippen molar-refractivity contribution in [2.45, 2.75) is 6.04 Å². The van der Waals surface area contributed by atoms with Crippen molar-refractivity contribution >= 4 is 5.95 Å². The summed E-state index contributed by atoms with van der Waals surface area (Å²) in [5.74, 6) is 0.651. The Hall–Kier alpha value is -1.99. The van der Waals surface area contributed by atoms with E-state index in [4.69, 9.17) is 10.5 Å². The first-order chi connectivity index (χ1) is 9.22. The molecule has 1 unspecified atom stereocenters. The minimum Gasteiger partial charge on any atom is -0.383 e. The van der Waals surface area contributed by atoms with E-state index in [9.17, 15) is 0 Å². The van der Waals surface area contributed by atoms with E-state index in [-0.39, 0.29) is 6.04 Å². The number of anilines is 1. The summed E-state index contributed by atoms with van der Waals surface area (Å²) in [4.78, 5) is 1.91. The number of likely N-dealkylation sites (N-methyl/N-ethyl adjacent to an activating group) is 1. The summed E-state index contributed by atoms with van der Waals surface area (Å²) < 4.78 is 6.71. The summed E-state index contributed by atoms with van der Waals surface area (Å²) in [6, 6.07) is 9.64. The molecule has 0 spiro atoms. The molecular weight excluding hydrogens is 244 g/mol. The predicted molar refractivity (Wildman–Crippen MR) is 72.3 cm³/mol. The zero-order valence-electron chi connectivity index (χ0n) is 11.1. The van der Waals surface area contributed by atoms with Crippen LogP contribution in [0, 0.1) is 0 Å². The van der Waals surface area contributed by atoms with Gasteiger partial charge < -0.3 is 15.4 Å². The highest BCUT2D eigenvalue weighted by Crippen LogP contribution is 2.13. The maximum absolute atomic E-state index is 5.94. The van der Waals surface area contributed by atoms with Gasteiger partial charge in [0.2, 0.25) is 5.95 Å². The van der Waals surface area contributed by atoms with E-state index >= 15 is 0 Å². The van der Waals surface area contributed by atoms with Crippen molar-refractivity contribution in [3.05, 3.63) is 30.3 Å². The SMILES string of the molecule is COCC(N)CN(C)c1nnnn1-c1ccccc1. The molecule has 0 saturated carbocycles. The summed E-state index contributed by atoms with van der Waals surface area (Å²) in [7, 11) is 3.54. The van der Waals surface area contributed by atoms with Crippen molar-refractivity contribution in [3.63, 3.8) is 0 Å². The highest BCUT2D eigenvalue weighted by Gasteiger charge is 2.15. The minimum atomic E-state index is -0.0871. The van der Waals surface area contributed by atoms with Gasteiger partial charge in [0.1, 0.15) is 0 Å². The zero-order chi connectivity index (χ0) is 13.7. The third-order valence-electron chi connectivity index (χ3n) is 2.68. The quantitative estimate of drug-likeness (QED) is 0.793. The molecule has 19 heavy (non-hydrogen) atoms. The van der Waals surface area contributed by atoms with E-state index in [0.29, 0.717) is 19.1 Å². The lowest BCUT2D eigenvalue weighted by Crippen LogP contribution is -2.39. The van der Waals surface area contributed by atoms with Gasteiger partial charge in [-0.15, -0.1) is 0 Å². The van der Waals surface area contributed by atoms with Gasteiger partial charge in [0.15, 0.2) is 0 Å². The average Bonchev–Trinajstić information content (AvgIpc) is 2.89. The van der Waals surface area contributed by atoms with Crippen molar-refractivity contribution in [2.24, 2.45) is 5.73 Å². The molecular formula is C12H18N6O. The third kappa shape index (κ3) is 3.27. The Labute approximate surface area is 112 Å². The number of nitrogens with two attached hydrogens (primary N) is 1. The maximum atomic E-state index is 5.94. The number of para-hydroxylation sites is 1. The van der Waals surface area contributed by atoms with Gasteiger partial charge in [0.05, 0.1) is 12.3 Å². The normalized spacial score (nSPS) is 12.4. The largest absolute Gasteiger partial charge is 0.383 e. The Balaban J connectivity index is 2.15. The van der Waals surface area contributed by atoms with Gasteiger partial charge >= 0.3 is 0 Å². The number of hydrogen-bond donors (Lipinski definition) is 1. The number of aromatic nitrogens is 4. The maximum Gasteiger partial charge on any atom is 0.250 e. The molecule has 0 aliphatic rings. The van der Waals surface area contributed by atoms with E-state index in [1.807, 2.05) is 42.3 Å². The predicted octanol–water partition coefficient (Wildman–Crippen LogP) is 0.0722. The Morgan fingerprint density at radius 3 is 2.79 bits per heavy atom. The van der Waals surface area contributed by atoms with Crippen LogP contribution in [0.25, 0.3) is 5.69 Å². The van der Waals surface area contributed by atoms with Crippen LogP contribution >= 0.6 is 0 Å². The van der Waals surface area contributed by atoms with Crippen molar-refractivity contribution < 1.29 is 4.74 Å². The Morgan fingerprint density at radius 1 is 1.37 bits per heavy atom. The number of methoxy groups -OCH3 is 1. The summed E-state index contributed by atoms with van der Waals surface area (Å²) in [5, 5.41) is 11.8. The molecule has 1 aromatic heterocycles. The fraction of sp³-hybridized carbons (Fsp3) is 0.417. The first-order valence-electron chi connectivity index (χ1n) is 6.02. The molecule has 0 bridgehead atoms. The molecule has 1 heterocycles. The molecule has 1 aromatic carbocycles. The van der Waals surface area contributed by atoms with Gasteiger partial charge in [0, 0.05) is 26.7 Å². The molecule has 0 amide bonds. The Bertz CT molecular complexity index is 500. The second kappa shape index (κ2) is 6.26. The monoisotopic (exact) mass is 262 g/mol. The molecule has 7 nitrogen and oxygen atoms in total. The standard InChI is InChI=1S/C12H18N6O/c1-17(8-10(13)9-19-2)12-14-15-16-18(12)11-6-4-3-5-7-11/h3-7,10H,8-9,13H2,1-2H3. The number of rotatable bonds is 6. The fourth-order valence-electron chi connectivity index (χ4n) is 1.86. The average molecular weight is 262 g/mol.